The van der Waals surface area contributed by atoms with Gasteiger partial charge < -0.3 is 9.80 Å². The molecule has 2 aromatic carbocycles. The van der Waals surface area contributed by atoms with Crippen LogP contribution in [0.2, 0.25) is 0 Å². The van der Waals surface area contributed by atoms with Crippen molar-refractivity contribution >= 4 is 16.9 Å². The van der Waals surface area contributed by atoms with Crippen LogP contribution in [-0.2, 0) is 0 Å². The number of allylic oxidation sites excluding steroid dienone is 1. The molecule has 0 bridgehead atoms. The lowest BCUT2D eigenvalue weighted by Crippen LogP contribution is -2.08. The molecule has 0 fully saturated rings. The summed E-state index contributed by atoms with van der Waals surface area (Å²) >= 11 is 0. The summed E-state index contributed by atoms with van der Waals surface area (Å²) in [6, 6.07) is 17.4. The van der Waals surface area contributed by atoms with Gasteiger partial charge in [0.25, 0.3) is 0 Å². The Morgan fingerprint density at radius 1 is 0.667 bits per heavy atom. The van der Waals surface area contributed by atoms with E-state index in [9.17, 15) is 0 Å². The zero-order valence-corrected chi connectivity index (χ0v) is 13.6. The highest BCUT2D eigenvalue weighted by Gasteiger charge is 2.05. The average Bonchev–Trinajstić information content (AvgIpc) is 2.49. The fraction of sp³-hybridized carbons (Fsp3) is 0.263. The molecule has 21 heavy (non-hydrogen) atoms. The van der Waals surface area contributed by atoms with E-state index in [-0.39, 0.29) is 0 Å². The van der Waals surface area contributed by atoms with Gasteiger partial charge in [-0.25, -0.2) is 0 Å². The van der Waals surface area contributed by atoms with E-state index in [2.05, 4.69) is 99.5 Å². The number of anilines is 2. The molecule has 0 aliphatic rings. The van der Waals surface area contributed by atoms with Gasteiger partial charge in [0, 0.05) is 39.6 Å². The van der Waals surface area contributed by atoms with Crippen LogP contribution in [0.25, 0.3) is 5.57 Å². The van der Waals surface area contributed by atoms with Crippen LogP contribution < -0.4 is 9.80 Å². The Hall–Kier alpha value is -2.22. The fourth-order valence-corrected chi connectivity index (χ4v) is 2.38. The summed E-state index contributed by atoms with van der Waals surface area (Å²) in [5, 5.41) is 0. The largest absolute Gasteiger partial charge is 0.378 e. The first-order valence-corrected chi connectivity index (χ1v) is 7.24. The smallest absolute Gasteiger partial charge is 0.0361 e. The van der Waals surface area contributed by atoms with Crippen LogP contribution >= 0.6 is 0 Å². The van der Waals surface area contributed by atoms with Crippen LogP contribution in [0.1, 0.15) is 18.1 Å². The SMILES string of the molecule is CC=C(c1ccc(N(C)C)cc1)c1ccc(N(C)C)cc1. The van der Waals surface area contributed by atoms with E-state index in [1.54, 1.807) is 0 Å². The highest BCUT2D eigenvalue weighted by Crippen LogP contribution is 2.26. The molecule has 0 aliphatic carbocycles. The van der Waals surface area contributed by atoms with Gasteiger partial charge in [-0.15, -0.1) is 0 Å². The summed E-state index contributed by atoms with van der Waals surface area (Å²) in [6.45, 7) is 2.09. The van der Waals surface area contributed by atoms with E-state index in [0.717, 1.165) is 0 Å². The molecule has 110 valence electrons. The molecule has 0 saturated carbocycles. The standard InChI is InChI=1S/C19H24N2/c1-6-19(15-7-11-17(12-8-15)20(2)3)16-9-13-18(14-10-16)21(4)5/h6-14H,1-5H3. The van der Waals surface area contributed by atoms with Crippen molar-refractivity contribution in [3.05, 3.63) is 65.7 Å². The third kappa shape index (κ3) is 3.46. The Morgan fingerprint density at radius 3 is 1.24 bits per heavy atom. The van der Waals surface area contributed by atoms with E-state index in [1.807, 2.05) is 0 Å². The molecule has 2 nitrogen and oxygen atoms in total. The topological polar surface area (TPSA) is 6.48 Å². The second kappa shape index (κ2) is 6.49. The number of nitrogens with zero attached hydrogens (tertiary/aromatic N) is 2. The van der Waals surface area contributed by atoms with Crippen LogP contribution in [0.3, 0.4) is 0 Å². The normalized spacial score (nSPS) is 10.1. The van der Waals surface area contributed by atoms with Crippen LogP contribution in [0.5, 0.6) is 0 Å². The summed E-state index contributed by atoms with van der Waals surface area (Å²) in [6.07, 6.45) is 2.18. The fourth-order valence-electron chi connectivity index (χ4n) is 2.38. The highest BCUT2D eigenvalue weighted by molar-refractivity contribution is 5.80. The molecule has 0 unspecified atom stereocenters. The maximum Gasteiger partial charge on any atom is 0.0361 e. The van der Waals surface area contributed by atoms with Gasteiger partial charge in [-0.3, -0.25) is 0 Å². The molecule has 0 heterocycles. The first-order chi connectivity index (χ1) is 10.0. The molecule has 2 rings (SSSR count). The van der Waals surface area contributed by atoms with Crippen LogP contribution in [-0.4, -0.2) is 28.2 Å². The molecule has 0 saturated heterocycles. The van der Waals surface area contributed by atoms with E-state index in [4.69, 9.17) is 0 Å². The third-order valence-corrected chi connectivity index (χ3v) is 3.68. The van der Waals surface area contributed by atoms with E-state index >= 15 is 0 Å². The average molecular weight is 280 g/mol. The van der Waals surface area contributed by atoms with Crippen molar-refractivity contribution in [1.29, 1.82) is 0 Å². The molecule has 0 amide bonds. The quantitative estimate of drug-likeness (QED) is 0.825. The van der Waals surface area contributed by atoms with Crippen molar-refractivity contribution < 1.29 is 0 Å². The number of rotatable bonds is 4. The lowest BCUT2D eigenvalue weighted by atomic mass is 9.97. The molecule has 0 radical (unpaired) electrons. The zero-order valence-electron chi connectivity index (χ0n) is 13.6. The van der Waals surface area contributed by atoms with Crippen molar-refractivity contribution in [1.82, 2.24) is 0 Å². The monoisotopic (exact) mass is 280 g/mol. The van der Waals surface area contributed by atoms with E-state index in [0.29, 0.717) is 0 Å². The van der Waals surface area contributed by atoms with Gasteiger partial charge in [-0.2, -0.15) is 0 Å². The zero-order chi connectivity index (χ0) is 15.4. The van der Waals surface area contributed by atoms with Crippen molar-refractivity contribution in [2.45, 2.75) is 6.92 Å². The Labute approximate surface area is 128 Å². The van der Waals surface area contributed by atoms with Crippen LogP contribution in [0, 0.1) is 0 Å². The summed E-state index contributed by atoms with van der Waals surface area (Å²) in [5.41, 5.74) is 6.21. The Morgan fingerprint density at radius 2 is 1.00 bits per heavy atom. The summed E-state index contributed by atoms with van der Waals surface area (Å²) in [4.78, 5) is 4.23. The molecule has 0 spiro atoms. The van der Waals surface area contributed by atoms with Gasteiger partial charge in [0.1, 0.15) is 0 Å². The minimum atomic E-state index is 1.22. The maximum atomic E-state index is 2.19. The first-order valence-electron chi connectivity index (χ1n) is 7.24. The summed E-state index contributed by atoms with van der Waals surface area (Å²) in [5.74, 6) is 0. The molecule has 0 N–H and O–H groups in total. The van der Waals surface area contributed by atoms with Crippen LogP contribution in [0.15, 0.2) is 54.6 Å². The second-order valence-electron chi connectivity index (χ2n) is 5.58. The molecular formula is C19H24N2. The lowest BCUT2D eigenvalue weighted by molar-refractivity contribution is 1.13. The molecule has 0 aliphatic heterocycles. The van der Waals surface area contributed by atoms with Crippen molar-refractivity contribution in [3.63, 3.8) is 0 Å². The van der Waals surface area contributed by atoms with Gasteiger partial charge >= 0.3 is 0 Å². The number of hydrogen-bond donors (Lipinski definition) is 0. The Kier molecular flexibility index (Phi) is 4.69. The van der Waals surface area contributed by atoms with E-state index in [1.165, 1.54) is 28.1 Å². The predicted molar refractivity (Wildman–Crippen MR) is 94.3 cm³/mol. The second-order valence-corrected chi connectivity index (χ2v) is 5.58. The van der Waals surface area contributed by atoms with Gasteiger partial charge in [0.05, 0.1) is 0 Å². The molecule has 0 atom stereocenters. The Bertz CT molecular complexity index is 552. The molecule has 2 aromatic rings. The Balaban J connectivity index is 2.31. The van der Waals surface area contributed by atoms with E-state index < -0.39 is 0 Å². The number of benzene rings is 2. The van der Waals surface area contributed by atoms with Gasteiger partial charge in [0.15, 0.2) is 0 Å². The summed E-state index contributed by atoms with van der Waals surface area (Å²) in [7, 11) is 8.24. The molecular weight excluding hydrogens is 256 g/mol. The van der Waals surface area contributed by atoms with Crippen molar-refractivity contribution in [2.24, 2.45) is 0 Å². The van der Waals surface area contributed by atoms with Crippen molar-refractivity contribution in [2.75, 3.05) is 38.0 Å². The van der Waals surface area contributed by atoms with Crippen molar-refractivity contribution in [3.8, 4) is 0 Å². The minimum absolute atomic E-state index is 1.22. The highest BCUT2D eigenvalue weighted by atomic mass is 15.1. The predicted octanol–water partition coefficient (Wildman–Crippen LogP) is 4.27. The van der Waals surface area contributed by atoms with Crippen LogP contribution in [0.4, 0.5) is 11.4 Å². The molecule has 2 heteroatoms. The first kappa shape index (κ1) is 15.2. The van der Waals surface area contributed by atoms with Gasteiger partial charge in [-0.1, -0.05) is 30.3 Å². The lowest BCUT2D eigenvalue weighted by Gasteiger charge is -2.15. The third-order valence-electron chi connectivity index (χ3n) is 3.68. The van der Waals surface area contributed by atoms with Gasteiger partial charge in [-0.05, 0) is 47.9 Å². The maximum absolute atomic E-state index is 2.19. The number of hydrogen-bond acceptors (Lipinski definition) is 2. The van der Waals surface area contributed by atoms with Gasteiger partial charge in [0.2, 0.25) is 0 Å². The minimum Gasteiger partial charge on any atom is -0.378 e. The summed E-state index contributed by atoms with van der Waals surface area (Å²) < 4.78 is 0. The molecule has 0 aromatic heterocycles.